The number of esters is 1. The van der Waals surface area contributed by atoms with Crippen molar-refractivity contribution in [3.05, 3.63) is 11.6 Å². The third kappa shape index (κ3) is 2.50. The number of aliphatic hydroxyl groups excluding tert-OH is 2. The van der Waals surface area contributed by atoms with Gasteiger partial charge in [-0.2, -0.15) is 0 Å². The fourth-order valence-electron chi connectivity index (χ4n) is 6.32. The van der Waals surface area contributed by atoms with Gasteiger partial charge in [-0.25, -0.2) is 4.79 Å². The van der Waals surface area contributed by atoms with Gasteiger partial charge in [-0.1, -0.05) is 13.8 Å². The van der Waals surface area contributed by atoms with Gasteiger partial charge in [0.15, 0.2) is 0 Å². The molecule has 2 heterocycles. The Morgan fingerprint density at radius 2 is 2.04 bits per heavy atom. The first-order valence-corrected chi connectivity index (χ1v) is 9.65. The SMILES string of the molecule is C[C@]1(CO)[C@H]2CC[C@]3(CO3)[C@@H](CCC3=CCOC3=O)[C@]2(C)CC[C@H]1O. The Morgan fingerprint density at radius 1 is 1.28 bits per heavy atom. The van der Waals surface area contributed by atoms with E-state index in [-0.39, 0.29) is 29.5 Å². The number of carbonyl (C=O) groups excluding carboxylic acids is 1. The van der Waals surface area contributed by atoms with Crippen LogP contribution in [0.25, 0.3) is 0 Å². The van der Waals surface area contributed by atoms with Crippen LogP contribution in [0.3, 0.4) is 0 Å². The molecule has 0 unspecified atom stereocenters. The third-order valence-corrected chi connectivity index (χ3v) is 7.96. The molecule has 0 aromatic rings. The smallest absolute Gasteiger partial charge is 0.334 e. The van der Waals surface area contributed by atoms with Crippen molar-refractivity contribution in [2.75, 3.05) is 19.8 Å². The molecule has 2 N–H and O–H groups in total. The first kappa shape index (κ1) is 17.5. The molecular weight excluding hydrogens is 320 g/mol. The molecule has 2 aliphatic carbocycles. The maximum absolute atomic E-state index is 11.8. The number of carbonyl (C=O) groups is 1. The van der Waals surface area contributed by atoms with Crippen LogP contribution < -0.4 is 0 Å². The van der Waals surface area contributed by atoms with E-state index >= 15 is 0 Å². The molecule has 4 aliphatic rings. The van der Waals surface area contributed by atoms with Gasteiger partial charge in [-0.05, 0) is 61.9 Å². The van der Waals surface area contributed by atoms with Gasteiger partial charge >= 0.3 is 5.97 Å². The molecule has 25 heavy (non-hydrogen) atoms. The van der Waals surface area contributed by atoms with Crippen molar-refractivity contribution in [2.45, 2.75) is 64.1 Å². The van der Waals surface area contributed by atoms with Gasteiger partial charge in [0.25, 0.3) is 0 Å². The van der Waals surface area contributed by atoms with Gasteiger partial charge in [0.1, 0.15) is 6.61 Å². The first-order chi connectivity index (χ1) is 11.9. The minimum absolute atomic E-state index is 0.0203. The Kier molecular flexibility index (Phi) is 4.06. The quantitative estimate of drug-likeness (QED) is 0.600. The van der Waals surface area contributed by atoms with Crippen LogP contribution in [0, 0.1) is 22.7 Å². The number of aliphatic hydroxyl groups is 2. The van der Waals surface area contributed by atoms with Crippen molar-refractivity contribution in [2.24, 2.45) is 22.7 Å². The molecule has 1 saturated heterocycles. The second-order valence-corrected chi connectivity index (χ2v) is 9.09. The molecule has 0 aromatic heterocycles. The lowest BCUT2D eigenvalue weighted by atomic mass is 9.44. The molecule has 0 bridgehead atoms. The van der Waals surface area contributed by atoms with E-state index < -0.39 is 11.5 Å². The van der Waals surface area contributed by atoms with Crippen LogP contribution in [0.15, 0.2) is 11.6 Å². The summed E-state index contributed by atoms with van der Waals surface area (Å²) in [4.78, 5) is 11.8. The van der Waals surface area contributed by atoms with Gasteiger partial charge in [-0.3, -0.25) is 0 Å². The average molecular weight is 350 g/mol. The lowest BCUT2D eigenvalue weighted by Gasteiger charge is -2.61. The summed E-state index contributed by atoms with van der Waals surface area (Å²) in [5, 5.41) is 20.7. The summed E-state index contributed by atoms with van der Waals surface area (Å²) >= 11 is 0. The molecule has 140 valence electrons. The summed E-state index contributed by atoms with van der Waals surface area (Å²) < 4.78 is 11.0. The largest absolute Gasteiger partial charge is 0.458 e. The van der Waals surface area contributed by atoms with Crippen LogP contribution in [0.4, 0.5) is 0 Å². The average Bonchev–Trinajstić information content (AvgIpc) is 3.24. The summed E-state index contributed by atoms with van der Waals surface area (Å²) in [5.41, 5.74) is 0.316. The van der Waals surface area contributed by atoms with Crippen molar-refractivity contribution in [1.82, 2.24) is 0 Å². The Bertz CT molecular complexity index is 595. The van der Waals surface area contributed by atoms with Crippen LogP contribution in [0.5, 0.6) is 0 Å². The van der Waals surface area contributed by atoms with Gasteiger partial charge < -0.3 is 19.7 Å². The Labute approximate surface area is 149 Å². The van der Waals surface area contributed by atoms with Gasteiger partial charge in [0, 0.05) is 11.0 Å². The maximum atomic E-state index is 11.8. The monoisotopic (exact) mass is 350 g/mol. The van der Waals surface area contributed by atoms with E-state index in [1.165, 1.54) is 0 Å². The summed E-state index contributed by atoms with van der Waals surface area (Å²) in [5.74, 6) is 0.451. The van der Waals surface area contributed by atoms with Gasteiger partial charge in [0.05, 0.1) is 24.9 Å². The normalized spacial score (nSPS) is 48.9. The maximum Gasteiger partial charge on any atom is 0.334 e. The zero-order valence-electron chi connectivity index (χ0n) is 15.3. The van der Waals surface area contributed by atoms with Crippen LogP contribution >= 0.6 is 0 Å². The molecule has 6 atom stereocenters. The number of cyclic esters (lactones) is 1. The Hall–Kier alpha value is -0.910. The molecule has 2 aliphatic heterocycles. The van der Waals surface area contributed by atoms with Crippen molar-refractivity contribution >= 4 is 5.97 Å². The standard InChI is InChI=1S/C20H30O5/c1-18-8-6-16(22)19(2,11-21)14(18)5-9-20(12-25-20)15(18)4-3-13-7-10-24-17(13)23/h7,14-16,21-22H,3-6,8-12H2,1-2H3/t14-,15-,16+,18+,19-,20-/m0/s1. The highest BCUT2D eigenvalue weighted by molar-refractivity contribution is 5.90. The highest BCUT2D eigenvalue weighted by atomic mass is 16.6. The highest BCUT2D eigenvalue weighted by Gasteiger charge is 2.66. The Balaban J connectivity index is 1.60. The van der Waals surface area contributed by atoms with E-state index in [1.807, 2.05) is 13.0 Å². The summed E-state index contributed by atoms with van der Waals surface area (Å²) in [6, 6.07) is 0. The molecule has 0 aromatic carbocycles. The molecule has 0 amide bonds. The Morgan fingerprint density at radius 3 is 2.64 bits per heavy atom. The van der Waals surface area contributed by atoms with Gasteiger partial charge in [0.2, 0.25) is 0 Å². The summed E-state index contributed by atoms with van der Waals surface area (Å²) in [6.45, 7) is 5.59. The number of rotatable bonds is 4. The second-order valence-electron chi connectivity index (χ2n) is 9.09. The molecule has 2 saturated carbocycles. The molecule has 1 spiro atoms. The zero-order chi connectivity index (χ0) is 17.9. The fraction of sp³-hybridized carbons (Fsp3) is 0.850. The molecular formula is C20H30O5. The highest BCUT2D eigenvalue weighted by Crippen LogP contribution is 2.66. The number of ether oxygens (including phenoxy) is 2. The van der Waals surface area contributed by atoms with Crippen molar-refractivity contribution in [3.8, 4) is 0 Å². The van der Waals surface area contributed by atoms with E-state index in [1.54, 1.807) is 0 Å². The number of epoxide rings is 1. The van der Waals surface area contributed by atoms with E-state index in [9.17, 15) is 15.0 Å². The van der Waals surface area contributed by atoms with Crippen molar-refractivity contribution in [3.63, 3.8) is 0 Å². The number of hydrogen-bond donors (Lipinski definition) is 2. The molecule has 5 heteroatoms. The lowest BCUT2D eigenvalue weighted by molar-refractivity contribution is -0.176. The van der Waals surface area contributed by atoms with Crippen molar-refractivity contribution < 1.29 is 24.5 Å². The minimum Gasteiger partial charge on any atom is -0.458 e. The fourth-order valence-corrected chi connectivity index (χ4v) is 6.32. The topological polar surface area (TPSA) is 79.3 Å². The third-order valence-electron chi connectivity index (χ3n) is 7.96. The van der Waals surface area contributed by atoms with Crippen molar-refractivity contribution in [1.29, 1.82) is 0 Å². The van der Waals surface area contributed by atoms with E-state index in [0.29, 0.717) is 12.5 Å². The summed E-state index contributed by atoms with van der Waals surface area (Å²) in [6.07, 6.45) is 6.75. The predicted molar refractivity (Wildman–Crippen MR) is 91.7 cm³/mol. The molecule has 5 nitrogen and oxygen atoms in total. The van der Waals surface area contributed by atoms with E-state index in [4.69, 9.17) is 9.47 Å². The van der Waals surface area contributed by atoms with Crippen LogP contribution in [-0.4, -0.2) is 47.7 Å². The molecule has 0 radical (unpaired) electrons. The minimum atomic E-state index is -0.451. The van der Waals surface area contributed by atoms with Crippen LogP contribution in [0.2, 0.25) is 0 Å². The van der Waals surface area contributed by atoms with E-state index in [2.05, 4.69) is 6.92 Å². The zero-order valence-corrected chi connectivity index (χ0v) is 15.3. The summed E-state index contributed by atoms with van der Waals surface area (Å²) in [7, 11) is 0. The first-order valence-electron chi connectivity index (χ1n) is 9.65. The molecule has 4 rings (SSSR count). The lowest BCUT2D eigenvalue weighted by Crippen LogP contribution is -2.60. The van der Waals surface area contributed by atoms with Crippen LogP contribution in [0.1, 0.15) is 52.4 Å². The van der Waals surface area contributed by atoms with E-state index in [0.717, 1.165) is 50.7 Å². The van der Waals surface area contributed by atoms with Crippen LogP contribution in [-0.2, 0) is 14.3 Å². The molecule has 3 fully saturated rings. The number of hydrogen-bond acceptors (Lipinski definition) is 5. The number of fused-ring (bicyclic) bond motifs is 1. The predicted octanol–water partition coefficient (Wildman–Crippen LogP) is 2.20. The second kappa shape index (κ2) is 5.80. The van der Waals surface area contributed by atoms with Gasteiger partial charge in [-0.15, -0.1) is 0 Å².